The normalized spacial score (nSPS) is 12.2. The minimum Gasteiger partial charge on any atom is -0.317 e. The number of hydrogen-bond donors (Lipinski definition) is 1. The maximum atomic E-state index is 3.56. The predicted octanol–water partition coefficient (Wildman–Crippen LogP) is 4.40. The largest absolute Gasteiger partial charge is 0.317 e. The molecule has 20 heavy (non-hydrogen) atoms. The van der Waals surface area contributed by atoms with Crippen LogP contribution in [0.25, 0.3) is 0 Å². The van der Waals surface area contributed by atoms with Crippen LogP contribution < -0.4 is 5.32 Å². The minimum absolute atomic E-state index is 0.637. The molecule has 0 aromatic heterocycles. The molecule has 0 heterocycles. The summed E-state index contributed by atoms with van der Waals surface area (Å²) in [6.07, 6.45) is 3.58. The molecule has 1 N–H and O–H groups in total. The third kappa shape index (κ3) is 5.18. The van der Waals surface area contributed by atoms with Crippen molar-refractivity contribution in [3.63, 3.8) is 0 Å². The molecule has 0 fully saturated rings. The smallest absolute Gasteiger partial charge is 0.00432 e. The quantitative estimate of drug-likeness (QED) is 0.699. The van der Waals surface area contributed by atoms with Crippen LogP contribution in [0.3, 0.4) is 0 Å². The lowest BCUT2D eigenvalue weighted by molar-refractivity contribution is 0.581. The molecule has 1 heteroatoms. The fourth-order valence-electron chi connectivity index (χ4n) is 2.45. The van der Waals surface area contributed by atoms with E-state index in [2.05, 4.69) is 72.9 Å². The van der Waals surface area contributed by atoms with E-state index in [1.807, 2.05) is 0 Å². The Morgan fingerprint density at radius 3 is 2.20 bits per heavy atom. The Morgan fingerprint density at radius 2 is 1.50 bits per heavy atom. The number of aryl methyl sites for hydroxylation is 1. The zero-order valence-electron chi connectivity index (χ0n) is 12.4. The van der Waals surface area contributed by atoms with Crippen LogP contribution >= 0.6 is 0 Å². The van der Waals surface area contributed by atoms with Gasteiger partial charge in [0.25, 0.3) is 0 Å². The molecule has 0 aliphatic heterocycles. The number of hydrogen-bond acceptors (Lipinski definition) is 1. The predicted molar refractivity (Wildman–Crippen MR) is 87.1 cm³/mol. The van der Waals surface area contributed by atoms with Gasteiger partial charge in [0.1, 0.15) is 0 Å². The van der Waals surface area contributed by atoms with Crippen LogP contribution in [0, 0.1) is 0 Å². The van der Waals surface area contributed by atoms with E-state index in [4.69, 9.17) is 0 Å². The standard InChI is InChI=1S/C19H25N/c1-17(19-12-6-3-7-13-19)14-16-20-15-8-11-18-9-4-2-5-10-18/h2-7,9-10,12-13,17,20H,8,11,14-16H2,1H3. The summed E-state index contributed by atoms with van der Waals surface area (Å²) in [4.78, 5) is 0. The Balaban J connectivity index is 1.56. The lowest BCUT2D eigenvalue weighted by Gasteiger charge is -2.12. The zero-order valence-corrected chi connectivity index (χ0v) is 12.4. The summed E-state index contributed by atoms with van der Waals surface area (Å²) in [5.74, 6) is 0.637. The van der Waals surface area contributed by atoms with E-state index in [0.717, 1.165) is 13.1 Å². The van der Waals surface area contributed by atoms with Crippen molar-refractivity contribution in [3.8, 4) is 0 Å². The summed E-state index contributed by atoms with van der Waals surface area (Å²) in [6.45, 7) is 4.52. The van der Waals surface area contributed by atoms with Crippen LogP contribution in [0.2, 0.25) is 0 Å². The number of rotatable bonds is 8. The van der Waals surface area contributed by atoms with E-state index >= 15 is 0 Å². The highest BCUT2D eigenvalue weighted by Crippen LogP contribution is 2.17. The second-order valence-corrected chi connectivity index (χ2v) is 5.44. The van der Waals surface area contributed by atoms with Gasteiger partial charge < -0.3 is 5.32 Å². The molecule has 0 spiro atoms. The Labute approximate surface area is 123 Å². The summed E-state index contributed by atoms with van der Waals surface area (Å²) >= 11 is 0. The van der Waals surface area contributed by atoms with Gasteiger partial charge in [-0.1, -0.05) is 67.6 Å². The van der Waals surface area contributed by atoms with Crippen LogP contribution in [-0.4, -0.2) is 13.1 Å². The molecule has 106 valence electrons. The third-order valence-electron chi connectivity index (χ3n) is 3.78. The lowest BCUT2D eigenvalue weighted by Crippen LogP contribution is -2.18. The second kappa shape index (κ2) is 8.55. The van der Waals surface area contributed by atoms with Crippen LogP contribution in [0.15, 0.2) is 60.7 Å². The van der Waals surface area contributed by atoms with Crippen molar-refractivity contribution in [1.82, 2.24) is 5.32 Å². The van der Waals surface area contributed by atoms with Crippen molar-refractivity contribution in [3.05, 3.63) is 71.8 Å². The highest BCUT2D eigenvalue weighted by atomic mass is 14.8. The molecule has 2 rings (SSSR count). The summed E-state index contributed by atoms with van der Waals surface area (Å²) in [5, 5.41) is 3.56. The van der Waals surface area contributed by atoms with Crippen molar-refractivity contribution in [2.75, 3.05) is 13.1 Å². The van der Waals surface area contributed by atoms with Crippen molar-refractivity contribution >= 4 is 0 Å². The van der Waals surface area contributed by atoms with E-state index in [-0.39, 0.29) is 0 Å². The number of benzene rings is 2. The van der Waals surface area contributed by atoms with Crippen molar-refractivity contribution < 1.29 is 0 Å². The molecule has 1 unspecified atom stereocenters. The van der Waals surface area contributed by atoms with Crippen molar-refractivity contribution in [1.29, 1.82) is 0 Å². The van der Waals surface area contributed by atoms with Crippen molar-refractivity contribution in [2.24, 2.45) is 0 Å². The van der Waals surface area contributed by atoms with Crippen LogP contribution in [-0.2, 0) is 6.42 Å². The number of nitrogens with one attached hydrogen (secondary N) is 1. The van der Waals surface area contributed by atoms with Crippen LogP contribution in [0.4, 0.5) is 0 Å². The maximum Gasteiger partial charge on any atom is -0.00432 e. The molecule has 0 amide bonds. The monoisotopic (exact) mass is 267 g/mol. The molecule has 2 aromatic carbocycles. The SMILES string of the molecule is CC(CCNCCCc1ccccc1)c1ccccc1. The van der Waals surface area contributed by atoms with Gasteiger partial charge >= 0.3 is 0 Å². The molecule has 0 aliphatic rings. The lowest BCUT2D eigenvalue weighted by atomic mass is 9.98. The molecule has 2 aromatic rings. The molecular weight excluding hydrogens is 242 g/mol. The van der Waals surface area contributed by atoms with Gasteiger partial charge in [-0.2, -0.15) is 0 Å². The fraction of sp³-hybridized carbons (Fsp3) is 0.368. The molecular formula is C19H25N. The van der Waals surface area contributed by atoms with Crippen LogP contribution in [0.1, 0.15) is 36.8 Å². The Morgan fingerprint density at radius 1 is 0.850 bits per heavy atom. The third-order valence-corrected chi connectivity index (χ3v) is 3.78. The van der Waals surface area contributed by atoms with E-state index < -0.39 is 0 Å². The summed E-state index contributed by atoms with van der Waals surface area (Å²) in [5.41, 5.74) is 2.88. The molecule has 0 radical (unpaired) electrons. The van der Waals surface area contributed by atoms with Gasteiger partial charge in [0, 0.05) is 0 Å². The Kier molecular flexibility index (Phi) is 6.33. The van der Waals surface area contributed by atoms with E-state index in [1.54, 1.807) is 0 Å². The maximum absolute atomic E-state index is 3.56. The van der Waals surface area contributed by atoms with Gasteiger partial charge in [0.15, 0.2) is 0 Å². The average molecular weight is 267 g/mol. The Hall–Kier alpha value is -1.60. The molecule has 0 saturated carbocycles. The zero-order chi connectivity index (χ0) is 14.0. The van der Waals surface area contributed by atoms with Gasteiger partial charge in [-0.25, -0.2) is 0 Å². The van der Waals surface area contributed by atoms with Gasteiger partial charge in [-0.15, -0.1) is 0 Å². The van der Waals surface area contributed by atoms with Gasteiger partial charge in [0.05, 0.1) is 0 Å². The molecule has 1 atom stereocenters. The first-order chi connectivity index (χ1) is 9.86. The van der Waals surface area contributed by atoms with Gasteiger partial charge in [-0.05, 0) is 49.4 Å². The van der Waals surface area contributed by atoms with E-state index in [9.17, 15) is 0 Å². The average Bonchev–Trinajstić information content (AvgIpc) is 2.52. The second-order valence-electron chi connectivity index (χ2n) is 5.44. The summed E-state index contributed by atoms with van der Waals surface area (Å²) in [7, 11) is 0. The minimum atomic E-state index is 0.637. The molecule has 1 nitrogen and oxygen atoms in total. The summed E-state index contributed by atoms with van der Waals surface area (Å²) < 4.78 is 0. The molecule has 0 aliphatic carbocycles. The first-order valence-corrected chi connectivity index (χ1v) is 7.66. The van der Waals surface area contributed by atoms with Crippen molar-refractivity contribution in [2.45, 2.75) is 32.1 Å². The molecule has 0 saturated heterocycles. The highest BCUT2D eigenvalue weighted by Gasteiger charge is 2.03. The van der Waals surface area contributed by atoms with Gasteiger partial charge in [0.2, 0.25) is 0 Å². The van der Waals surface area contributed by atoms with Gasteiger partial charge in [-0.3, -0.25) is 0 Å². The molecule has 0 bridgehead atoms. The first kappa shape index (κ1) is 14.8. The van der Waals surface area contributed by atoms with E-state index in [0.29, 0.717) is 5.92 Å². The Bertz CT molecular complexity index is 464. The fourth-order valence-corrected chi connectivity index (χ4v) is 2.45. The summed E-state index contributed by atoms with van der Waals surface area (Å²) in [6, 6.07) is 21.5. The van der Waals surface area contributed by atoms with E-state index in [1.165, 1.54) is 30.4 Å². The topological polar surface area (TPSA) is 12.0 Å². The highest BCUT2D eigenvalue weighted by molar-refractivity contribution is 5.18. The van der Waals surface area contributed by atoms with Crippen LogP contribution in [0.5, 0.6) is 0 Å². The first-order valence-electron chi connectivity index (χ1n) is 7.66.